The predicted octanol–water partition coefficient (Wildman–Crippen LogP) is 2.45. The monoisotopic (exact) mass is 325 g/mol. The minimum atomic E-state index is 0.596. The van der Waals surface area contributed by atoms with Crippen LogP contribution in [0.3, 0.4) is 0 Å². The first-order chi connectivity index (χ1) is 11.7. The normalized spacial score (nSPS) is 22.7. The van der Waals surface area contributed by atoms with E-state index in [4.69, 9.17) is 0 Å². The lowest BCUT2D eigenvalue weighted by Gasteiger charge is -2.34. The molecule has 4 rings (SSSR count). The zero-order chi connectivity index (χ0) is 16.5. The van der Waals surface area contributed by atoms with E-state index in [1.165, 1.54) is 17.7 Å². The highest BCUT2D eigenvalue weighted by Crippen LogP contribution is 2.33. The van der Waals surface area contributed by atoms with Gasteiger partial charge in [0.25, 0.3) is 0 Å². The number of benzene rings is 1. The van der Waals surface area contributed by atoms with Crippen LogP contribution in [0.2, 0.25) is 0 Å². The number of fused-ring (bicyclic) bond motifs is 2. The van der Waals surface area contributed by atoms with Crippen molar-refractivity contribution in [1.82, 2.24) is 15.1 Å². The van der Waals surface area contributed by atoms with E-state index < -0.39 is 0 Å². The van der Waals surface area contributed by atoms with E-state index in [-0.39, 0.29) is 0 Å². The maximum atomic E-state index is 4.56. The average Bonchev–Trinajstić information content (AvgIpc) is 2.96. The summed E-state index contributed by atoms with van der Waals surface area (Å²) in [4.78, 5) is 2.37. The maximum Gasteiger partial charge on any atom is 0.124 e. The van der Waals surface area contributed by atoms with Gasteiger partial charge in [-0.3, -0.25) is 0 Å². The van der Waals surface area contributed by atoms with Crippen molar-refractivity contribution in [3.8, 4) is 0 Å². The minimum absolute atomic E-state index is 0.596. The van der Waals surface area contributed by atoms with Gasteiger partial charge in [-0.05, 0) is 25.0 Å². The minimum Gasteiger partial charge on any atom is -0.374 e. The second-order valence-electron chi connectivity index (χ2n) is 7.22. The lowest BCUT2D eigenvalue weighted by Crippen LogP contribution is -2.38. The van der Waals surface area contributed by atoms with Gasteiger partial charge in [-0.1, -0.05) is 18.2 Å². The van der Waals surface area contributed by atoms with Crippen LogP contribution in [0.4, 0.5) is 11.5 Å². The summed E-state index contributed by atoms with van der Waals surface area (Å²) in [6, 6.07) is 11.0. The highest BCUT2D eigenvalue weighted by atomic mass is 15.3. The van der Waals surface area contributed by atoms with E-state index in [1.54, 1.807) is 0 Å². The smallest absolute Gasteiger partial charge is 0.124 e. The number of rotatable bonds is 4. The number of aromatic nitrogens is 2. The van der Waals surface area contributed by atoms with Crippen molar-refractivity contribution in [3.63, 3.8) is 0 Å². The van der Waals surface area contributed by atoms with Crippen LogP contribution in [-0.2, 0) is 6.54 Å². The van der Waals surface area contributed by atoms with Crippen LogP contribution in [0.1, 0.15) is 23.6 Å². The molecule has 128 valence electrons. The van der Waals surface area contributed by atoms with Crippen molar-refractivity contribution >= 4 is 11.5 Å². The number of nitrogens with zero attached hydrogens (tertiary/aromatic N) is 3. The van der Waals surface area contributed by atoms with Crippen molar-refractivity contribution in [1.29, 1.82) is 0 Å². The van der Waals surface area contributed by atoms with Crippen molar-refractivity contribution in [2.75, 3.05) is 43.4 Å². The largest absolute Gasteiger partial charge is 0.374 e. The fraction of sp³-hybridized carbons (Fsp3) is 0.526. The Labute approximate surface area is 144 Å². The molecular weight excluding hydrogens is 298 g/mol. The molecule has 24 heavy (non-hydrogen) atoms. The summed E-state index contributed by atoms with van der Waals surface area (Å²) in [5.41, 5.74) is 3.98. The third-order valence-electron chi connectivity index (χ3n) is 5.33. The molecule has 0 radical (unpaired) electrons. The topological polar surface area (TPSA) is 45.1 Å². The lowest BCUT2D eigenvalue weighted by atomic mass is 9.90. The van der Waals surface area contributed by atoms with Crippen molar-refractivity contribution in [3.05, 3.63) is 41.6 Å². The van der Waals surface area contributed by atoms with Crippen molar-refractivity contribution < 1.29 is 0 Å². The number of para-hydroxylation sites is 1. The number of hydrogen-bond donors (Lipinski definition) is 2. The zero-order valence-electron chi connectivity index (χ0n) is 14.6. The van der Waals surface area contributed by atoms with Gasteiger partial charge < -0.3 is 15.5 Å². The van der Waals surface area contributed by atoms with Crippen LogP contribution in [0.5, 0.6) is 0 Å². The molecule has 0 saturated carbocycles. The molecule has 0 bridgehead atoms. The third kappa shape index (κ3) is 3.00. The van der Waals surface area contributed by atoms with Gasteiger partial charge in [-0.25, -0.2) is 4.68 Å². The Morgan fingerprint density at radius 2 is 2.17 bits per heavy atom. The van der Waals surface area contributed by atoms with E-state index in [0.29, 0.717) is 11.8 Å². The quantitative estimate of drug-likeness (QED) is 0.906. The molecule has 1 aromatic heterocycles. The molecule has 0 amide bonds. The Morgan fingerprint density at radius 3 is 3.08 bits per heavy atom. The standard InChI is InChI=1S/C19H27N5/c1-14-9-19-21-11-15(13-24(19)22-14)10-20-12-16-7-8-23(2)18-6-4-3-5-17(16)18/h3-6,9,15-16,20-21H,7-8,10-13H2,1-2H3. The molecule has 3 heterocycles. The van der Waals surface area contributed by atoms with Crippen LogP contribution in [-0.4, -0.2) is 43.0 Å². The molecule has 0 aliphatic carbocycles. The van der Waals surface area contributed by atoms with Crippen LogP contribution >= 0.6 is 0 Å². The molecule has 0 saturated heterocycles. The fourth-order valence-corrected chi connectivity index (χ4v) is 4.00. The molecule has 2 aromatic rings. The van der Waals surface area contributed by atoms with Crippen LogP contribution in [0.15, 0.2) is 30.3 Å². The van der Waals surface area contributed by atoms with Crippen LogP contribution in [0.25, 0.3) is 0 Å². The van der Waals surface area contributed by atoms with Gasteiger partial charge in [-0.15, -0.1) is 0 Å². The maximum absolute atomic E-state index is 4.56. The molecule has 2 aliphatic rings. The van der Waals surface area contributed by atoms with E-state index in [0.717, 1.165) is 44.2 Å². The lowest BCUT2D eigenvalue weighted by molar-refractivity contribution is 0.383. The Kier molecular flexibility index (Phi) is 4.19. The van der Waals surface area contributed by atoms with Gasteiger partial charge in [0.2, 0.25) is 0 Å². The predicted molar refractivity (Wildman–Crippen MR) is 98.9 cm³/mol. The summed E-state index contributed by atoms with van der Waals surface area (Å²) >= 11 is 0. The highest BCUT2D eigenvalue weighted by Gasteiger charge is 2.23. The number of nitrogens with one attached hydrogen (secondary N) is 2. The van der Waals surface area contributed by atoms with E-state index in [9.17, 15) is 0 Å². The summed E-state index contributed by atoms with van der Waals surface area (Å²) in [5.74, 6) is 2.38. The van der Waals surface area contributed by atoms with Crippen LogP contribution in [0, 0.1) is 12.8 Å². The summed E-state index contributed by atoms with van der Waals surface area (Å²) < 4.78 is 2.11. The first-order valence-electron chi connectivity index (χ1n) is 9.00. The molecule has 2 atom stereocenters. The molecule has 5 heteroatoms. The fourth-order valence-electron chi connectivity index (χ4n) is 4.00. The van der Waals surface area contributed by atoms with Gasteiger partial charge >= 0.3 is 0 Å². The van der Waals surface area contributed by atoms with E-state index in [2.05, 4.69) is 69.6 Å². The summed E-state index contributed by atoms with van der Waals surface area (Å²) in [6.07, 6.45) is 1.23. The molecule has 2 N–H and O–H groups in total. The van der Waals surface area contributed by atoms with E-state index in [1.807, 2.05) is 0 Å². The van der Waals surface area contributed by atoms with Gasteiger partial charge in [0.1, 0.15) is 5.82 Å². The number of hydrogen-bond acceptors (Lipinski definition) is 4. The van der Waals surface area contributed by atoms with Crippen molar-refractivity contribution in [2.24, 2.45) is 5.92 Å². The second-order valence-corrected chi connectivity index (χ2v) is 7.22. The van der Waals surface area contributed by atoms with Crippen molar-refractivity contribution in [2.45, 2.75) is 25.8 Å². The molecular formula is C19H27N5. The Hall–Kier alpha value is -2.01. The van der Waals surface area contributed by atoms with Gasteiger partial charge in [0.15, 0.2) is 0 Å². The first kappa shape index (κ1) is 15.5. The summed E-state index contributed by atoms with van der Waals surface area (Å²) in [7, 11) is 2.19. The molecule has 0 fully saturated rings. The van der Waals surface area contributed by atoms with Crippen LogP contribution < -0.4 is 15.5 Å². The SMILES string of the molecule is Cc1cc2n(n1)CC(CNCC1CCN(C)c3ccccc31)CN2. The molecule has 2 unspecified atom stereocenters. The number of aryl methyl sites for hydroxylation is 1. The zero-order valence-corrected chi connectivity index (χ0v) is 14.6. The summed E-state index contributed by atoms with van der Waals surface area (Å²) in [6.45, 7) is 7.34. The molecule has 1 aromatic carbocycles. The van der Waals surface area contributed by atoms with E-state index >= 15 is 0 Å². The third-order valence-corrected chi connectivity index (χ3v) is 5.33. The second kappa shape index (κ2) is 6.48. The highest BCUT2D eigenvalue weighted by molar-refractivity contribution is 5.56. The number of anilines is 2. The molecule has 5 nitrogen and oxygen atoms in total. The molecule has 0 spiro atoms. The summed E-state index contributed by atoms with van der Waals surface area (Å²) in [5, 5.41) is 11.8. The van der Waals surface area contributed by atoms with Gasteiger partial charge in [-0.2, -0.15) is 5.10 Å². The average molecular weight is 325 g/mol. The first-order valence-corrected chi connectivity index (χ1v) is 9.00. The molecule has 2 aliphatic heterocycles. The Balaban J connectivity index is 1.33. The Morgan fingerprint density at radius 1 is 1.29 bits per heavy atom. The van der Waals surface area contributed by atoms with Gasteiger partial charge in [0.05, 0.1) is 5.69 Å². The Bertz CT molecular complexity index is 708. The van der Waals surface area contributed by atoms with Gasteiger partial charge in [0, 0.05) is 63.4 Å².